The van der Waals surface area contributed by atoms with Crippen LogP contribution in [-0.2, 0) is 10.2 Å². The Morgan fingerprint density at radius 1 is 1.25 bits per heavy atom. The summed E-state index contributed by atoms with van der Waals surface area (Å²) in [6.07, 6.45) is 7.06. The summed E-state index contributed by atoms with van der Waals surface area (Å²) in [5.74, 6) is 0.878. The summed E-state index contributed by atoms with van der Waals surface area (Å²) in [6.45, 7) is 2.16. The predicted molar refractivity (Wildman–Crippen MR) is 81.3 cm³/mol. The SMILES string of the molecule is C[C@@H](NC(=O)C1(c2ccc(N)cc2)CC1)C1CCCC1. The first-order valence-electron chi connectivity index (χ1n) is 7.79. The van der Waals surface area contributed by atoms with Crippen molar-refractivity contribution in [3.8, 4) is 0 Å². The van der Waals surface area contributed by atoms with Crippen molar-refractivity contribution in [2.75, 3.05) is 5.73 Å². The third-order valence-corrected chi connectivity index (χ3v) is 5.11. The highest BCUT2D eigenvalue weighted by Gasteiger charge is 2.51. The Kier molecular flexibility index (Phi) is 3.45. The summed E-state index contributed by atoms with van der Waals surface area (Å²) in [5, 5.41) is 3.27. The topological polar surface area (TPSA) is 55.1 Å². The maximum Gasteiger partial charge on any atom is 0.230 e. The molecule has 2 saturated carbocycles. The minimum absolute atomic E-state index is 0.210. The summed E-state index contributed by atoms with van der Waals surface area (Å²) in [5.41, 5.74) is 7.32. The summed E-state index contributed by atoms with van der Waals surface area (Å²) in [6, 6.07) is 8.09. The normalized spacial score (nSPS) is 22.4. The average molecular weight is 272 g/mol. The Bertz CT molecular complexity index is 484. The Morgan fingerprint density at radius 2 is 1.85 bits per heavy atom. The molecule has 0 radical (unpaired) electrons. The van der Waals surface area contributed by atoms with Crippen LogP contribution in [0.2, 0.25) is 0 Å². The third-order valence-electron chi connectivity index (χ3n) is 5.11. The molecule has 1 amide bonds. The number of carbonyl (C=O) groups excluding carboxylic acids is 1. The Balaban J connectivity index is 1.68. The van der Waals surface area contributed by atoms with Gasteiger partial charge < -0.3 is 11.1 Å². The van der Waals surface area contributed by atoms with Gasteiger partial charge in [-0.2, -0.15) is 0 Å². The van der Waals surface area contributed by atoms with Crippen LogP contribution in [0, 0.1) is 5.92 Å². The van der Waals surface area contributed by atoms with Gasteiger partial charge in [-0.1, -0.05) is 25.0 Å². The molecule has 108 valence electrons. The second-order valence-corrected chi connectivity index (χ2v) is 6.51. The molecular weight excluding hydrogens is 248 g/mol. The molecule has 20 heavy (non-hydrogen) atoms. The summed E-state index contributed by atoms with van der Waals surface area (Å²) >= 11 is 0. The molecule has 3 heteroatoms. The second kappa shape index (κ2) is 5.12. The van der Waals surface area contributed by atoms with E-state index in [9.17, 15) is 4.79 Å². The maximum absolute atomic E-state index is 12.6. The van der Waals surface area contributed by atoms with Gasteiger partial charge in [0, 0.05) is 11.7 Å². The number of rotatable bonds is 4. The van der Waals surface area contributed by atoms with Crippen LogP contribution >= 0.6 is 0 Å². The molecular formula is C17H24N2O. The number of anilines is 1. The number of amides is 1. The van der Waals surface area contributed by atoms with E-state index in [0.717, 1.165) is 24.1 Å². The number of nitrogens with one attached hydrogen (secondary N) is 1. The Morgan fingerprint density at radius 3 is 2.40 bits per heavy atom. The van der Waals surface area contributed by atoms with Gasteiger partial charge >= 0.3 is 0 Å². The number of nitrogens with two attached hydrogens (primary N) is 1. The lowest BCUT2D eigenvalue weighted by atomic mass is 9.93. The van der Waals surface area contributed by atoms with Crippen molar-refractivity contribution in [2.24, 2.45) is 5.92 Å². The zero-order valence-electron chi connectivity index (χ0n) is 12.2. The van der Waals surface area contributed by atoms with Crippen molar-refractivity contribution in [3.05, 3.63) is 29.8 Å². The first-order valence-corrected chi connectivity index (χ1v) is 7.79. The second-order valence-electron chi connectivity index (χ2n) is 6.51. The van der Waals surface area contributed by atoms with Crippen molar-refractivity contribution >= 4 is 11.6 Å². The molecule has 3 N–H and O–H groups in total. The van der Waals surface area contributed by atoms with Gasteiger partial charge in [0.25, 0.3) is 0 Å². The van der Waals surface area contributed by atoms with E-state index in [-0.39, 0.29) is 11.3 Å². The Labute approximate surface area is 120 Å². The number of nitrogen functional groups attached to an aromatic ring is 1. The quantitative estimate of drug-likeness (QED) is 0.828. The zero-order valence-corrected chi connectivity index (χ0v) is 12.2. The van der Waals surface area contributed by atoms with E-state index in [1.807, 2.05) is 24.3 Å². The molecule has 0 saturated heterocycles. The van der Waals surface area contributed by atoms with Gasteiger partial charge in [0.15, 0.2) is 0 Å². The van der Waals surface area contributed by atoms with E-state index in [0.29, 0.717) is 12.0 Å². The minimum atomic E-state index is -0.277. The molecule has 0 unspecified atom stereocenters. The molecule has 0 aliphatic heterocycles. The summed E-state index contributed by atoms with van der Waals surface area (Å²) in [7, 11) is 0. The van der Waals surface area contributed by atoms with Crippen molar-refractivity contribution in [3.63, 3.8) is 0 Å². The largest absolute Gasteiger partial charge is 0.399 e. The molecule has 2 fully saturated rings. The first kappa shape index (κ1) is 13.5. The standard InChI is InChI=1S/C17H24N2O/c1-12(13-4-2-3-5-13)19-16(20)17(10-11-17)14-6-8-15(18)9-7-14/h6-9,12-13H,2-5,10-11,18H2,1H3,(H,19,20)/t12-/m1/s1. The first-order chi connectivity index (χ1) is 9.62. The van der Waals surface area contributed by atoms with Gasteiger partial charge in [-0.3, -0.25) is 4.79 Å². The molecule has 1 aromatic rings. The highest BCUT2D eigenvalue weighted by Crippen LogP contribution is 2.48. The van der Waals surface area contributed by atoms with Crippen LogP contribution in [0.5, 0.6) is 0 Å². The molecule has 3 nitrogen and oxygen atoms in total. The number of carbonyl (C=O) groups is 1. The van der Waals surface area contributed by atoms with Crippen LogP contribution in [0.15, 0.2) is 24.3 Å². The molecule has 0 spiro atoms. The van der Waals surface area contributed by atoms with Gasteiger partial charge in [0.05, 0.1) is 5.41 Å². The summed E-state index contributed by atoms with van der Waals surface area (Å²) < 4.78 is 0. The maximum atomic E-state index is 12.6. The third kappa shape index (κ3) is 2.41. The van der Waals surface area contributed by atoms with E-state index < -0.39 is 0 Å². The van der Waals surface area contributed by atoms with E-state index in [4.69, 9.17) is 5.73 Å². The van der Waals surface area contributed by atoms with E-state index >= 15 is 0 Å². The van der Waals surface area contributed by atoms with Crippen LogP contribution in [0.25, 0.3) is 0 Å². The lowest BCUT2D eigenvalue weighted by Crippen LogP contribution is -2.43. The molecule has 1 aromatic carbocycles. The fraction of sp³-hybridized carbons (Fsp3) is 0.588. The zero-order chi connectivity index (χ0) is 14.2. The summed E-state index contributed by atoms with van der Waals surface area (Å²) in [4.78, 5) is 12.6. The van der Waals surface area contributed by atoms with Crippen LogP contribution < -0.4 is 11.1 Å². The van der Waals surface area contributed by atoms with E-state index in [1.165, 1.54) is 25.7 Å². The highest BCUT2D eigenvalue weighted by molar-refractivity contribution is 5.91. The number of hydrogen-bond acceptors (Lipinski definition) is 2. The van der Waals surface area contributed by atoms with Crippen molar-refractivity contribution in [1.29, 1.82) is 0 Å². The van der Waals surface area contributed by atoms with Gasteiger partial charge in [0.1, 0.15) is 0 Å². The van der Waals surface area contributed by atoms with Crippen LogP contribution in [-0.4, -0.2) is 11.9 Å². The number of hydrogen-bond donors (Lipinski definition) is 2. The smallest absolute Gasteiger partial charge is 0.230 e. The highest BCUT2D eigenvalue weighted by atomic mass is 16.2. The van der Waals surface area contributed by atoms with Gasteiger partial charge in [-0.25, -0.2) is 0 Å². The number of benzene rings is 1. The van der Waals surface area contributed by atoms with Crippen molar-refractivity contribution in [1.82, 2.24) is 5.32 Å². The van der Waals surface area contributed by atoms with Crippen molar-refractivity contribution in [2.45, 2.75) is 56.9 Å². The van der Waals surface area contributed by atoms with Crippen molar-refractivity contribution < 1.29 is 4.79 Å². The molecule has 2 aliphatic rings. The van der Waals surface area contributed by atoms with E-state index in [1.54, 1.807) is 0 Å². The fourth-order valence-electron chi connectivity index (χ4n) is 3.49. The lowest BCUT2D eigenvalue weighted by molar-refractivity contribution is -0.124. The average Bonchev–Trinajstić information content (AvgIpc) is 3.06. The van der Waals surface area contributed by atoms with Gasteiger partial charge in [0.2, 0.25) is 5.91 Å². The van der Waals surface area contributed by atoms with Gasteiger partial charge in [-0.15, -0.1) is 0 Å². The lowest BCUT2D eigenvalue weighted by Gasteiger charge is -2.24. The molecule has 3 rings (SSSR count). The van der Waals surface area contributed by atoms with Gasteiger partial charge in [-0.05, 0) is 56.2 Å². The molecule has 0 aromatic heterocycles. The van der Waals surface area contributed by atoms with E-state index in [2.05, 4.69) is 12.2 Å². The molecule has 0 heterocycles. The monoisotopic (exact) mass is 272 g/mol. The fourth-order valence-corrected chi connectivity index (χ4v) is 3.49. The predicted octanol–water partition coefficient (Wildman–Crippen LogP) is 3.00. The molecule has 1 atom stereocenters. The van der Waals surface area contributed by atoms with Crippen LogP contribution in [0.3, 0.4) is 0 Å². The molecule has 2 aliphatic carbocycles. The van der Waals surface area contributed by atoms with Crippen LogP contribution in [0.1, 0.15) is 51.0 Å². The Hall–Kier alpha value is -1.51. The van der Waals surface area contributed by atoms with Crippen LogP contribution in [0.4, 0.5) is 5.69 Å². The molecule has 0 bridgehead atoms. The minimum Gasteiger partial charge on any atom is -0.399 e.